The molecule has 1 aliphatic rings. The number of nitrogens with one attached hydrogen (secondary N) is 1. The lowest BCUT2D eigenvalue weighted by atomic mass is 10.0. The van der Waals surface area contributed by atoms with Gasteiger partial charge in [-0.05, 0) is 67.1 Å². The standard InChI is InChI=1S/C24H18BrClFN3O/c1-2-31-23-10-7-14(11-17(23)26)20-13-22(16-12-15(25)8-9-18(16)27)30-21-6-4-3-5-19(21)28-24(30)29-20/h3-13,22H,2H2,1H3,(H,28,29)/t22-/m1/s1. The van der Waals surface area contributed by atoms with Crippen LogP contribution in [0.5, 0.6) is 5.75 Å². The van der Waals surface area contributed by atoms with Crippen LogP contribution in [0.2, 0.25) is 5.02 Å². The lowest BCUT2D eigenvalue weighted by molar-refractivity contribution is 0.340. The molecule has 31 heavy (non-hydrogen) atoms. The molecule has 0 saturated carbocycles. The second-order valence-electron chi connectivity index (χ2n) is 7.19. The number of hydrogen-bond acceptors (Lipinski definition) is 3. The van der Waals surface area contributed by atoms with Crippen LogP contribution in [0, 0.1) is 5.82 Å². The van der Waals surface area contributed by atoms with E-state index < -0.39 is 0 Å². The molecule has 4 aromatic rings. The summed E-state index contributed by atoms with van der Waals surface area (Å²) >= 11 is 9.90. The molecule has 1 atom stereocenters. The number of para-hydroxylation sites is 2. The summed E-state index contributed by atoms with van der Waals surface area (Å²) in [5, 5.41) is 3.91. The number of halogens is 3. The largest absolute Gasteiger partial charge is 0.492 e. The van der Waals surface area contributed by atoms with Crippen LogP contribution >= 0.6 is 27.5 Å². The Morgan fingerprint density at radius 1 is 1.16 bits per heavy atom. The summed E-state index contributed by atoms with van der Waals surface area (Å²) in [5.41, 5.74) is 3.98. The van der Waals surface area contributed by atoms with E-state index in [0.29, 0.717) is 28.9 Å². The first-order valence-corrected chi connectivity index (χ1v) is 11.1. The molecule has 0 amide bonds. The van der Waals surface area contributed by atoms with Crippen molar-refractivity contribution in [3.05, 3.63) is 93.2 Å². The molecule has 0 fully saturated rings. The minimum Gasteiger partial charge on any atom is -0.492 e. The summed E-state index contributed by atoms with van der Waals surface area (Å²) < 4.78 is 23.3. The molecule has 1 aromatic heterocycles. The number of ether oxygens (including phenoxy) is 1. The molecule has 1 N–H and O–H groups in total. The van der Waals surface area contributed by atoms with Crippen LogP contribution in [-0.4, -0.2) is 16.2 Å². The van der Waals surface area contributed by atoms with Gasteiger partial charge in [0.15, 0.2) is 0 Å². The SMILES string of the molecule is CCOc1ccc(C2=C[C@H](c3cc(Br)ccc3F)n3c(nc4ccccc43)N2)cc1Cl. The Balaban J connectivity index is 1.69. The number of benzene rings is 3. The van der Waals surface area contributed by atoms with Gasteiger partial charge in [0.25, 0.3) is 0 Å². The molecule has 0 saturated heterocycles. The van der Waals surface area contributed by atoms with E-state index in [9.17, 15) is 4.39 Å². The zero-order valence-corrected chi connectivity index (χ0v) is 18.9. The van der Waals surface area contributed by atoms with Crippen LogP contribution in [-0.2, 0) is 0 Å². The summed E-state index contributed by atoms with van der Waals surface area (Å²) in [6.45, 7) is 2.45. The van der Waals surface area contributed by atoms with Gasteiger partial charge in [0.2, 0.25) is 5.95 Å². The fraction of sp³-hybridized carbons (Fsp3) is 0.125. The summed E-state index contributed by atoms with van der Waals surface area (Å²) in [6.07, 6.45) is 2.00. The predicted molar refractivity (Wildman–Crippen MR) is 126 cm³/mol. The highest BCUT2D eigenvalue weighted by Gasteiger charge is 2.27. The Bertz CT molecular complexity index is 1330. The number of anilines is 1. The Kier molecular flexibility index (Phi) is 5.20. The van der Waals surface area contributed by atoms with Crippen molar-refractivity contribution in [2.24, 2.45) is 0 Å². The van der Waals surface area contributed by atoms with Gasteiger partial charge in [-0.25, -0.2) is 9.37 Å². The molecule has 0 radical (unpaired) electrons. The molecule has 2 heterocycles. The minimum atomic E-state index is -0.388. The number of allylic oxidation sites excluding steroid dienone is 1. The molecule has 7 heteroatoms. The van der Waals surface area contributed by atoms with Crippen molar-refractivity contribution in [2.45, 2.75) is 13.0 Å². The van der Waals surface area contributed by atoms with Crippen molar-refractivity contribution in [3.8, 4) is 5.75 Å². The Morgan fingerprint density at radius 2 is 2.00 bits per heavy atom. The monoisotopic (exact) mass is 497 g/mol. The van der Waals surface area contributed by atoms with E-state index in [1.165, 1.54) is 6.07 Å². The lowest BCUT2D eigenvalue weighted by Gasteiger charge is -2.27. The van der Waals surface area contributed by atoms with E-state index in [2.05, 4.69) is 21.2 Å². The van der Waals surface area contributed by atoms with Crippen LogP contribution in [0.3, 0.4) is 0 Å². The number of rotatable bonds is 4. The van der Waals surface area contributed by atoms with Crippen molar-refractivity contribution in [1.29, 1.82) is 0 Å². The summed E-state index contributed by atoms with van der Waals surface area (Å²) in [7, 11) is 0. The molecule has 0 aliphatic carbocycles. The van der Waals surface area contributed by atoms with Crippen LogP contribution < -0.4 is 10.1 Å². The van der Waals surface area contributed by atoms with Gasteiger partial charge in [-0.15, -0.1) is 0 Å². The number of nitrogens with zero attached hydrogens (tertiary/aromatic N) is 2. The average Bonchev–Trinajstić information content (AvgIpc) is 3.15. The van der Waals surface area contributed by atoms with Crippen LogP contribution in [0.15, 0.2) is 71.2 Å². The molecule has 5 rings (SSSR count). The second kappa shape index (κ2) is 8.02. The maximum absolute atomic E-state index is 14.9. The smallest absolute Gasteiger partial charge is 0.209 e. The first kappa shape index (κ1) is 20.1. The van der Waals surface area contributed by atoms with Crippen molar-refractivity contribution in [2.75, 3.05) is 11.9 Å². The summed E-state index contributed by atoms with van der Waals surface area (Å²) in [6, 6.07) is 18.0. The third-order valence-corrected chi connectivity index (χ3v) is 6.05. The van der Waals surface area contributed by atoms with Gasteiger partial charge in [-0.2, -0.15) is 0 Å². The van der Waals surface area contributed by atoms with Gasteiger partial charge in [0.1, 0.15) is 11.6 Å². The van der Waals surface area contributed by atoms with E-state index in [1.807, 2.05) is 66.1 Å². The molecule has 156 valence electrons. The fourth-order valence-electron chi connectivity index (χ4n) is 3.89. The first-order chi connectivity index (χ1) is 15.0. The molecule has 0 unspecified atom stereocenters. The maximum atomic E-state index is 14.9. The molecule has 0 spiro atoms. The number of imidazole rings is 1. The molecule has 3 aromatic carbocycles. The number of hydrogen-bond donors (Lipinski definition) is 1. The van der Waals surface area contributed by atoms with Crippen molar-refractivity contribution >= 4 is 50.2 Å². The zero-order chi connectivity index (χ0) is 21.5. The van der Waals surface area contributed by atoms with E-state index in [1.54, 1.807) is 6.07 Å². The molecule has 4 nitrogen and oxygen atoms in total. The minimum absolute atomic E-state index is 0.279. The van der Waals surface area contributed by atoms with E-state index in [4.69, 9.17) is 21.3 Å². The highest BCUT2D eigenvalue weighted by molar-refractivity contribution is 9.10. The Morgan fingerprint density at radius 3 is 2.81 bits per heavy atom. The van der Waals surface area contributed by atoms with Gasteiger partial charge in [-0.3, -0.25) is 4.57 Å². The van der Waals surface area contributed by atoms with Crippen LogP contribution in [0.1, 0.15) is 24.1 Å². The lowest BCUT2D eigenvalue weighted by Crippen LogP contribution is -2.20. The molecule has 1 aliphatic heterocycles. The topological polar surface area (TPSA) is 39.1 Å². The van der Waals surface area contributed by atoms with E-state index in [0.717, 1.165) is 26.8 Å². The van der Waals surface area contributed by atoms with Crippen LogP contribution in [0.25, 0.3) is 16.7 Å². The Labute approximate surface area is 192 Å². The van der Waals surface area contributed by atoms with Gasteiger partial charge in [0.05, 0.1) is 28.7 Å². The Hall–Kier alpha value is -2.83. The molecular formula is C24H18BrClFN3O. The maximum Gasteiger partial charge on any atom is 0.209 e. The third-order valence-electron chi connectivity index (χ3n) is 5.26. The van der Waals surface area contributed by atoms with Gasteiger partial charge >= 0.3 is 0 Å². The highest BCUT2D eigenvalue weighted by atomic mass is 79.9. The van der Waals surface area contributed by atoms with Crippen LogP contribution in [0.4, 0.5) is 10.3 Å². The highest BCUT2D eigenvalue weighted by Crippen LogP contribution is 2.39. The van der Waals surface area contributed by atoms with Gasteiger partial charge in [0, 0.05) is 15.7 Å². The number of fused-ring (bicyclic) bond motifs is 3. The third kappa shape index (κ3) is 3.60. The fourth-order valence-corrected chi connectivity index (χ4v) is 4.50. The molecular weight excluding hydrogens is 481 g/mol. The second-order valence-corrected chi connectivity index (χ2v) is 8.51. The van der Waals surface area contributed by atoms with Crippen molar-refractivity contribution < 1.29 is 9.13 Å². The first-order valence-electron chi connectivity index (χ1n) is 9.88. The zero-order valence-electron chi connectivity index (χ0n) is 16.6. The van der Waals surface area contributed by atoms with E-state index >= 15 is 0 Å². The quantitative estimate of drug-likeness (QED) is 0.328. The normalized spacial score (nSPS) is 15.4. The predicted octanol–water partition coefficient (Wildman–Crippen LogP) is 7.05. The number of aromatic nitrogens is 2. The summed E-state index contributed by atoms with van der Waals surface area (Å²) in [4.78, 5) is 4.75. The van der Waals surface area contributed by atoms with Gasteiger partial charge < -0.3 is 10.1 Å². The molecule has 0 bridgehead atoms. The average molecular weight is 499 g/mol. The van der Waals surface area contributed by atoms with Crippen molar-refractivity contribution in [1.82, 2.24) is 9.55 Å². The summed E-state index contributed by atoms with van der Waals surface area (Å²) in [5.74, 6) is 0.999. The van der Waals surface area contributed by atoms with E-state index in [-0.39, 0.29) is 11.9 Å². The van der Waals surface area contributed by atoms with Crippen molar-refractivity contribution in [3.63, 3.8) is 0 Å². The van der Waals surface area contributed by atoms with Gasteiger partial charge in [-0.1, -0.05) is 39.7 Å².